The lowest BCUT2D eigenvalue weighted by Gasteiger charge is -2.30. The van der Waals surface area contributed by atoms with Gasteiger partial charge < -0.3 is 24.7 Å². The molecule has 1 aliphatic heterocycles. The molecule has 2 N–H and O–H groups in total. The van der Waals surface area contributed by atoms with Gasteiger partial charge in [-0.05, 0) is 89.3 Å². The fourth-order valence-corrected chi connectivity index (χ4v) is 5.65. The Labute approximate surface area is 290 Å². The summed E-state index contributed by atoms with van der Waals surface area (Å²) in [5.74, 6) is 1.28. The molecule has 1 unspecified atom stereocenters. The first-order valence-electron chi connectivity index (χ1n) is 16.3. The number of carbonyl (C=O) groups is 2. The molecule has 2 atom stereocenters. The molecule has 2 amide bonds. The van der Waals surface area contributed by atoms with Crippen molar-refractivity contribution in [2.45, 2.75) is 91.0 Å². The summed E-state index contributed by atoms with van der Waals surface area (Å²) in [5.41, 5.74) is 2.75. The lowest BCUT2D eigenvalue weighted by Crippen LogP contribution is -2.43. The first kappa shape index (κ1) is 36.5. The van der Waals surface area contributed by atoms with Crippen LogP contribution < -0.4 is 5.32 Å². The van der Waals surface area contributed by atoms with Crippen molar-refractivity contribution in [3.05, 3.63) is 60.8 Å². The number of H-pyrrole nitrogens is 1. The van der Waals surface area contributed by atoms with Crippen LogP contribution >= 0.6 is 13.5 Å². The molecule has 48 heavy (non-hydrogen) atoms. The zero-order chi connectivity index (χ0) is 33.9. The molecule has 12 heteroatoms. The number of fused-ring (bicyclic) bond motifs is 1. The minimum Gasteiger partial charge on any atom is -0.444 e. The summed E-state index contributed by atoms with van der Waals surface area (Å²) in [6.45, 7) is 14.4. The van der Waals surface area contributed by atoms with E-state index in [1.54, 1.807) is 29.2 Å². The van der Waals surface area contributed by atoms with Crippen molar-refractivity contribution in [3.63, 3.8) is 0 Å². The van der Waals surface area contributed by atoms with Crippen molar-refractivity contribution in [2.75, 3.05) is 25.5 Å². The number of hydrogen-bond acceptors (Lipinski definition) is 8. The molecule has 1 fully saturated rings. The van der Waals surface area contributed by atoms with Crippen molar-refractivity contribution >= 4 is 42.4 Å². The van der Waals surface area contributed by atoms with Gasteiger partial charge in [0.1, 0.15) is 17.0 Å². The van der Waals surface area contributed by atoms with Crippen LogP contribution in [0, 0.1) is 0 Å². The van der Waals surface area contributed by atoms with E-state index in [1.165, 1.54) is 0 Å². The molecule has 2 aromatic carbocycles. The molecule has 258 valence electrons. The minimum absolute atomic E-state index is 0. The van der Waals surface area contributed by atoms with Crippen LogP contribution in [0.25, 0.3) is 33.2 Å². The van der Waals surface area contributed by atoms with E-state index in [0.29, 0.717) is 19.0 Å². The zero-order valence-corrected chi connectivity index (χ0v) is 30.3. The van der Waals surface area contributed by atoms with Crippen LogP contribution in [-0.4, -0.2) is 79.3 Å². The number of rotatable bonds is 8. The molecule has 0 saturated carbocycles. The van der Waals surface area contributed by atoms with Crippen molar-refractivity contribution in [3.8, 4) is 22.4 Å². The largest absolute Gasteiger partial charge is 0.444 e. The summed E-state index contributed by atoms with van der Waals surface area (Å²) in [4.78, 5) is 45.8. The lowest BCUT2D eigenvalue weighted by atomic mass is 10.0. The molecule has 11 nitrogen and oxygen atoms in total. The maximum absolute atomic E-state index is 12.8. The van der Waals surface area contributed by atoms with Crippen LogP contribution in [0.2, 0.25) is 0 Å². The first-order chi connectivity index (χ1) is 22.2. The molecule has 2 aromatic heterocycles. The molecule has 5 rings (SSSR count). The van der Waals surface area contributed by atoms with Crippen molar-refractivity contribution < 1.29 is 19.1 Å². The van der Waals surface area contributed by atoms with E-state index >= 15 is 0 Å². The molecule has 4 aromatic rings. The lowest BCUT2D eigenvalue weighted by molar-refractivity contribution is 0.0212. The molecule has 1 aliphatic rings. The Morgan fingerprint density at radius 3 is 2.19 bits per heavy atom. The molecule has 3 heterocycles. The average Bonchev–Trinajstić information content (AvgIpc) is 3.70. The van der Waals surface area contributed by atoms with E-state index in [9.17, 15) is 9.59 Å². The maximum Gasteiger partial charge on any atom is 0.410 e. The second-order valence-electron chi connectivity index (χ2n) is 14.1. The molecule has 0 spiro atoms. The van der Waals surface area contributed by atoms with Gasteiger partial charge in [0.15, 0.2) is 0 Å². The molecular formula is C36H49N7O4S. The van der Waals surface area contributed by atoms with Crippen LogP contribution in [0.5, 0.6) is 0 Å². The van der Waals surface area contributed by atoms with Gasteiger partial charge in [-0.2, -0.15) is 13.5 Å². The van der Waals surface area contributed by atoms with E-state index in [0.717, 1.165) is 58.2 Å². The van der Waals surface area contributed by atoms with Crippen LogP contribution in [0.1, 0.15) is 79.6 Å². The number of nitrogens with zero attached hydrogens (tertiary/aromatic N) is 5. The van der Waals surface area contributed by atoms with Gasteiger partial charge in [0.25, 0.3) is 0 Å². The highest BCUT2D eigenvalue weighted by Gasteiger charge is 2.35. The number of likely N-dealkylation sites (N-methyl/N-ethyl adjacent to an activating group) is 1. The van der Waals surface area contributed by atoms with Crippen LogP contribution in [0.4, 0.5) is 15.5 Å². The van der Waals surface area contributed by atoms with Gasteiger partial charge in [0.05, 0.1) is 24.0 Å². The normalized spacial score (nSPS) is 15.5. The number of nitrogens with one attached hydrogen (secondary N) is 2. The highest BCUT2D eigenvalue weighted by Crippen LogP contribution is 2.34. The van der Waals surface area contributed by atoms with Gasteiger partial charge in [0.2, 0.25) is 5.95 Å². The quantitative estimate of drug-likeness (QED) is 0.193. The first-order valence-corrected chi connectivity index (χ1v) is 16.3. The Morgan fingerprint density at radius 2 is 1.56 bits per heavy atom. The summed E-state index contributed by atoms with van der Waals surface area (Å²) in [6.07, 6.45) is 7.31. The number of anilines is 1. The van der Waals surface area contributed by atoms with Crippen molar-refractivity contribution in [1.82, 2.24) is 29.7 Å². The third kappa shape index (κ3) is 8.97. The number of carbonyl (C=O) groups excluding carboxylic acids is 2. The average molecular weight is 676 g/mol. The number of hydrogen-bond donors (Lipinski definition) is 2. The predicted octanol–water partition coefficient (Wildman–Crippen LogP) is 7.93. The molecule has 1 saturated heterocycles. The Morgan fingerprint density at radius 1 is 0.938 bits per heavy atom. The summed E-state index contributed by atoms with van der Waals surface area (Å²) in [7, 11) is 1.75. The van der Waals surface area contributed by atoms with Gasteiger partial charge in [-0.3, -0.25) is 4.90 Å². The number of ether oxygens (including phenoxy) is 2. The van der Waals surface area contributed by atoms with Gasteiger partial charge in [0, 0.05) is 43.7 Å². The molecule has 0 aliphatic carbocycles. The molecule has 0 bridgehead atoms. The second-order valence-corrected chi connectivity index (χ2v) is 14.1. The number of benzene rings is 2. The fourth-order valence-electron chi connectivity index (χ4n) is 5.65. The van der Waals surface area contributed by atoms with Gasteiger partial charge >= 0.3 is 12.2 Å². The summed E-state index contributed by atoms with van der Waals surface area (Å²) >= 11 is 0. The number of likely N-dealkylation sites (tertiary alicyclic amines) is 1. The van der Waals surface area contributed by atoms with Crippen LogP contribution in [-0.2, 0) is 9.47 Å². The fraction of sp³-hybridized carbons (Fsp3) is 0.472. The third-order valence-electron chi connectivity index (χ3n) is 8.12. The predicted molar refractivity (Wildman–Crippen MR) is 194 cm³/mol. The maximum atomic E-state index is 12.8. The minimum atomic E-state index is -0.547. The number of imidazole rings is 1. The van der Waals surface area contributed by atoms with E-state index in [2.05, 4.69) is 61.7 Å². The van der Waals surface area contributed by atoms with E-state index in [4.69, 9.17) is 9.47 Å². The SMILES string of the molecule is CCC(CNc1ncc(-c2ccc3cc(-c4cnc([C@@H]5CCCN5C(=O)OC(C)(C)C)[nH]4)ccc3c2)cn1)N(C)C(=O)OC(C)(C)C.S. The van der Waals surface area contributed by atoms with E-state index < -0.39 is 11.2 Å². The molecule has 0 radical (unpaired) electrons. The van der Waals surface area contributed by atoms with Crippen molar-refractivity contribution in [1.29, 1.82) is 0 Å². The smallest absolute Gasteiger partial charge is 0.410 e. The number of amides is 2. The standard InChI is InChI=1S/C36H47N7O4.H2S/c1-9-28(42(8)33(44)46-35(2,3)4)21-40-32-38-19-27(20-39-32)25-13-12-24-18-26(15-14-23(24)17-25)29-22-37-31(41-29)30-11-10-16-43(30)34(45)47-36(5,6)7;/h12-15,17-20,22,28,30H,9-11,16,21H2,1-8H3,(H,37,41)(H,38,39,40);1H2/t28?,30-;/m0./s1. The molecular weight excluding hydrogens is 627 g/mol. The van der Waals surface area contributed by atoms with Gasteiger partial charge in [-0.1, -0.05) is 31.2 Å². The second kappa shape index (κ2) is 14.8. The summed E-state index contributed by atoms with van der Waals surface area (Å²) in [5, 5.41) is 5.44. The highest BCUT2D eigenvalue weighted by atomic mass is 32.1. The number of aromatic nitrogens is 4. The Kier molecular flexibility index (Phi) is 11.3. The summed E-state index contributed by atoms with van der Waals surface area (Å²) in [6, 6.07) is 12.4. The van der Waals surface area contributed by atoms with Crippen LogP contribution in [0.15, 0.2) is 55.0 Å². The van der Waals surface area contributed by atoms with Gasteiger partial charge in [-0.15, -0.1) is 0 Å². The summed E-state index contributed by atoms with van der Waals surface area (Å²) < 4.78 is 11.1. The van der Waals surface area contributed by atoms with Crippen molar-refractivity contribution in [2.24, 2.45) is 0 Å². The Hall–Kier alpha value is -4.32. The zero-order valence-electron chi connectivity index (χ0n) is 29.3. The van der Waals surface area contributed by atoms with E-state index in [1.807, 2.05) is 54.7 Å². The van der Waals surface area contributed by atoms with Crippen LogP contribution in [0.3, 0.4) is 0 Å². The number of aromatic amines is 1. The topological polar surface area (TPSA) is 126 Å². The Bertz CT molecular complexity index is 1710. The van der Waals surface area contributed by atoms with E-state index in [-0.39, 0.29) is 37.8 Å². The Balaban J connectivity index is 0.00000520. The monoisotopic (exact) mass is 675 g/mol. The third-order valence-corrected chi connectivity index (χ3v) is 8.12. The highest BCUT2D eigenvalue weighted by molar-refractivity contribution is 7.59. The van der Waals surface area contributed by atoms with Gasteiger partial charge in [-0.25, -0.2) is 24.5 Å².